The summed E-state index contributed by atoms with van der Waals surface area (Å²) in [5, 5.41) is 13.8. The van der Waals surface area contributed by atoms with Crippen LogP contribution in [0.4, 0.5) is 13.2 Å². The Morgan fingerprint density at radius 3 is 2.56 bits per heavy atom. The molecule has 5 rings (SSSR count). The molecule has 0 radical (unpaired) electrons. The van der Waals surface area contributed by atoms with Gasteiger partial charge in [0.15, 0.2) is 0 Å². The zero-order valence-electron chi connectivity index (χ0n) is 14.1. The van der Waals surface area contributed by atoms with Crippen molar-refractivity contribution in [1.29, 1.82) is 0 Å². The summed E-state index contributed by atoms with van der Waals surface area (Å²) in [6.07, 6.45) is -3.20. The second-order valence-electron chi connectivity index (χ2n) is 7.59. The van der Waals surface area contributed by atoms with Gasteiger partial charge < -0.3 is 14.5 Å². The molecule has 142 valence electrons. The minimum atomic E-state index is -4.70. The lowest BCUT2D eigenvalue weighted by molar-refractivity contribution is -0.159. The highest BCUT2D eigenvalue weighted by Gasteiger charge is 2.59. The molecule has 0 unspecified atom stereocenters. The van der Waals surface area contributed by atoms with Crippen LogP contribution in [0.2, 0.25) is 0 Å². The lowest BCUT2D eigenvalue weighted by Gasteiger charge is -2.29. The number of likely N-dealkylation sites (tertiary alicyclic amines) is 1. The van der Waals surface area contributed by atoms with E-state index in [2.05, 4.69) is 14.7 Å². The van der Waals surface area contributed by atoms with Gasteiger partial charge in [0, 0.05) is 17.7 Å². The second kappa shape index (κ2) is 5.54. The number of rotatable bonds is 2. The van der Waals surface area contributed by atoms with Crippen molar-refractivity contribution in [3.8, 4) is 11.4 Å². The van der Waals surface area contributed by atoms with Crippen LogP contribution < -0.4 is 0 Å². The van der Waals surface area contributed by atoms with Gasteiger partial charge >= 0.3 is 12.1 Å². The highest BCUT2D eigenvalue weighted by atomic mass is 19.4. The molecule has 3 fully saturated rings. The Morgan fingerprint density at radius 1 is 1.19 bits per heavy atom. The molecule has 9 heteroatoms. The first-order valence-electron chi connectivity index (χ1n) is 8.83. The molecule has 3 aliphatic rings. The van der Waals surface area contributed by atoms with Gasteiger partial charge in [0.05, 0.1) is 12.1 Å². The van der Waals surface area contributed by atoms with Gasteiger partial charge in [-0.15, -0.1) is 0 Å². The standard InChI is InChI=1S/C18H16F3N3O3/c19-18(20,21)17-22-15(23-27-17)8-1-3-9(4-2-8)16(26)24-7-11-5-10-6-12(11)13(24)14(10)25/h1-4,10-14,25H,5-7H2/t10-,11-,12+,13-,14+/m0/s1. The van der Waals surface area contributed by atoms with Crippen molar-refractivity contribution in [2.75, 3.05) is 6.54 Å². The molecule has 27 heavy (non-hydrogen) atoms. The maximum absolute atomic E-state index is 12.9. The number of hydrogen-bond acceptors (Lipinski definition) is 5. The highest BCUT2D eigenvalue weighted by molar-refractivity contribution is 5.95. The molecule has 1 aliphatic heterocycles. The van der Waals surface area contributed by atoms with Crippen molar-refractivity contribution >= 4 is 5.91 Å². The number of aromatic nitrogens is 2. The molecule has 5 atom stereocenters. The zero-order chi connectivity index (χ0) is 18.9. The molecule has 0 spiro atoms. The molecule has 1 aromatic heterocycles. The van der Waals surface area contributed by atoms with Gasteiger partial charge in [-0.2, -0.15) is 18.2 Å². The number of aliphatic hydroxyl groups is 1. The Bertz CT molecular complexity index is 893. The van der Waals surface area contributed by atoms with Crippen LogP contribution in [0.15, 0.2) is 28.8 Å². The van der Waals surface area contributed by atoms with E-state index in [4.69, 9.17) is 0 Å². The molecule has 2 aliphatic carbocycles. The van der Waals surface area contributed by atoms with Crippen molar-refractivity contribution in [3.05, 3.63) is 35.7 Å². The zero-order valence-corrected chi connectivity index (χ0v) is 14.1. The second-order valence-corrected chi connectivity index (χ2v) is 7.59. The van der Waals surface area contributed by atoms with Gasteiger partial charge in [-0.3, -0.25) is 4.79 Å². The smallest absolute Gasteiger partial charge is 0.391 e. The van der Waals surface area contributed by atoms with Gasteiger partial charge in [-0.1, -0.05) is 17.3 Å². The van der Waals surface area contributed by atoms with Crippen molar-refractivity contribution in [3.63, 3.8) is 0 Å². The predicted molar refractivity (Wildman–Crippen MR) is 85.3 cm³/mol. The number of fused-ring (bicyclic) bond motifs is 1. The van der Waals surface area contributed by atoms with Gasteiger partial charge in [0.25, 0.3) is 5.91 Å². The number of halogens is 3. The molecule has 2 saturated carbocycles. The summed E-state index contributed by atoms with van der Waals surface area (Å²) < 4.78 is 41.9. The fraction of sp³-hybridized carbons (Fsp3) is 0.500. The van der Waals surface area contributed by atoms with Crippen LogP contribution in [0, 0.1) is 17.8 Å². The maximum Gasteiger partial charge on any atom is 0.471 e. The largest absolute Gasteiger partial charge is 0.471 e. The molecule has 2 bridgehead atoms. The highest BCUT2D eigenvalue weighted by Crippen LogP contribution is 2.55. The summed E-state index contributed by atoms with van der Waals surface area (Å²) in [6, 6.07) is 5.96. The molecule has 1 N–H and O–H groups in total. The minimum absolute atomic E-state index is 0.118. The molecule has 2 heterocycles. The molecule has 6 nitrogen and oxygen atoms in total. The molecule has 1 saturated heterocycles. The number of aliphatic hydroxyl groups excluding tert-OH is 1. The first-order valence-corrected chi connectivity index (χ1v) is 8.83. The Labute approximate surface area is 152 Å². The van der Waals surface area contributed by atoms with E-state index in [1.807, 2.05) is 0 Å². The third-order valence-electron chi connectivity index (χ3n) is 6.17. The Kier molecular flexibility index (Phi) is 3.43. The van der Waals surface area contributed by atoms with E-state index in [0.717, 1.165) is 12.8 Å². The fourth-order valence-electron chi connectivity index (χ4n) is 5.03. The number of benzene rings is 1. The van der Waals surface area contributed by atoms with Crippen molar-refractivity contribution in [1.82, 2.24) is 15.0 Å². The van der Waals surface area contributed by atoms with E-state index in [-0.39, 0.29) is 17.8 Å². The average molecular weight is 379 g/mol. The Balaban J connectivity index is 1.36. The normalized spacial score (nSPS) is 31.7. The number of hydrogen-bond donors (Lipinski definition) is 1. The number of nitrogens with zero attached hydrogens (tertiary/aromatic N) is 3. The third kappa shape index (κ3) is 2.48. The van der Waals surface area contributed by atoms with Gasteiger partial charge in [-0.25, -0.2) is 0 Å². The maximum atomic E-state index is 12.9. The van der Waals surface area contributed by atoms with E-state index in [9.17, 15) is 23.1 Å². The summed E-state index contributed by atoms with van der Waals surface area (Å²) >= 11 is 0. The molecular weight excluding hydrogens is 363 g/mol. The monoisotopic (exact) mass is 379 g/mol. The minimum Gasteiger partial charge on any atom is -0.391 e. The van der Waals surface area contributed by atoms with Crippen molar-refractivity contribution < 1.29 is 27.6 Å². The Morgan fingerprint density at radius 2 is 1.93 bits per heavy atom. The van der Waals surface area contributed by atoms with E-state index in [1.54, 1.807) is 17.0 Å². The van der Waals surface area contributed by atoms with Crippen molar-refractivity contribution in [2.24, 2.45) is 17.8 Å². The lowest BCUT2D eigenvalue weighted by Crippen LogP contribution is -2.43. The first kappa shape index (κ1) is 16.7. The number of alkyl halides is 3. The summed E-state index contributed by atoms with van der Waals surface area (Å²) in [7, 11) is 0. The first-order chi connectivity index (χ1) is 12.8. The SMILES string of the molecule is O=C(c1ccc(-c2noc(C(F)(F)F)n2)cc1)N1C[C@@H]2C[C@H]3C[C@H]2[C@H]1[C@@H]3O. The van der Waals surface area contributed by atoms with Crippen LogP contribution in [0.3, 0.4) is 0 Å². The Hall–Kier alpha value is -2.42. The van der Waals surface area contributed by atoms with E-state index < -0.39 is 18.2 Å². The lowest BCUT2D eigenvalue weighted by atomic mass is 9.88. The summed E-state index contributed by atoms with van der Waals surface area (Å²) in [5.74, 6) is -0.611. The van der Waals surface area contributed by atoms with E-state index in [0.29, 0.717) is 35.4 Å². The number of carbonyl (C=O) groups is 1. The quantitative estimate of drug-likeness (QED) is 0.868. The van der Waals surface area contributed by atoms with Crippen molar-refractivity contribution in [2.45, 2.75) is 31.2 Å². The van der Waals surface area contributed by atoms with Crippen LogP contribution in [0.1, 0.15) is 29.1 Å². The summed E-state index contributed by atoms with van der Waals surface area (Å²) in [5.41, 5.74) is 0.753. The number of carbonyl (C=O) groups excluding carboxylic acids is 1. The molecule has 2 aromatic rings. The number of amides is 1. The van der Waals surface area contributed by atoms with E-state index >= 15 is 0 Å². The van der Waals surface area contributed by atoms with Crippen LogP contribution in [0.25, 0.3) is 11.4 Å². The predicted octanol–water partition coefficient (Wildman–Crippen LogP) is 2.60. The van der Waals surface area contributed by atoms with Crippen LogP contribution in [-0.4, -0.2) is 44.7 Å². The third-order valence-corrected chi connectivity index (χ3v) is 6.17. The average Bonchev–Trinajstić information content (AvgIpc) is 3.36. The fourth-order valence-corrected chi connectivity index (χ4v) is 5.03. The van der Waals surface area contributed by atoms with Gasteiger partial charge in [0.2, 0.25) is 5.82 Å². The molecule has 1 aromatic carbocycles. The van der Waals surface area contributed by atoms with Crippen LogP contribution >= 0.6 is 0 Å². The van der Waals surface area contributed by atoms with Gasteiger partial charge in [-0.05, 0) is 42.7 Å². The van der Waals surface area contributed by atoms with Crippen LogP contribution in [0.5, 0.6) is 0 Å². The van der Waals surface area contributed by atoms with Gasteiger partial charge in [0.1, 0.15) is 0 Å². The molecular formula is C18H16F3N3O3. The van der Waals surface area contributed by atoms with E-state index in [1.165, 1.54) is 12.1 Å². The summed E-state index contributed by atoms with van der Waals surface area (Å²) in [6.45, 7) is 0.656. The van der Waals surface area contributed by atoms with Crippen LogP contribution in [-0.2, 0) is 6.18 Å². The molecule has 1 amide bonds. The summed E-state index contributed by atoms with van der Waals surface area (Å²) in [4.78, 5) is 18.0. The topological polar surface area (TPSA) is 79.5 Å².